The molecule has 0 unspecified atom stereocenters. The van der Waals surface area contributed by atoms with Crippen LogP contribution in [0.15, 0.2) is 53.5 Å². The van der Waals surface area contributed by atoms with E-state index in [9.17, 15) is 9.59 Å². The number of carbonyl (C=O) groups excluding carboxylic acids is 1. The molecule has 1 amide bonds. The lowest BCUT2D eigenvalue weighted by molar-refractivity contribution is -0.0228. The number of aromatic amines is 1. The molecule has 0 saturated carbocycles. The second-order valence-corrected chi connectivity index (χ2v) is 4.93. The molecule has 5 heteroatoms. The molecule has 108 valence electrons. The number of carbonyl (C=O) groups is 1. The molecular formula is C16H16N2O3. The zero-order valence-corrected chi connectivity index (χ0v) is 11.5. The van der Waals surface area contributed by atoms with Gasteiger partial charge in [0.15, 0.2) is 0 Å². The zero-order chi connectivity index (χ0) is 14.7. The summed E-state index contributed by atoms with van der Waals surface area (Å²) in [7, 11) is 0. The summed E-state index contributed by atoms with van der Waals surface area (Å²) in [4.78, 5) is 28.4. The average Bonchev–Trinajstić information content (AvgIpc) is 2.56. The predicted octanol–water partition coefficient (Wildman–Crippen LogP) is 1.59. The van der Waals surface area contributed by atoms with Crippen molar-refractivity contribution >= 4 is 5.91 Å². The van der Waals surface area contributed by atoms with Crippen molar-refractivity contribution in [2.75, 3.05) is 19.7 Å². The number of nitrogens with zero attached hydrogens (tertiary/aromatic N) is 1. The summed E-state index contributed by atoms with van der Waals surface area (Å²) in [6.07, 6.45) is 1.37. The number of rotatable bonds is 2. The van der Waals surface area contributed by atoms with Crippen LogP contribution in [-0.2, 0) is 4.74 Å². The van der Waals surface area contributed by atoms with Gasteiger partial charge in [0.1, 0.15) is 11.7 Å². The smallest absolute Gasteiger partial charge is 0.260 e. The van der Waals surface area contributed by atoms with Gasteiger partial charge in [-0.3, -0.25) is 9.59 Å². The number of pyridine rings is 1. The number of morpholine rings is 1. The standard InChI is InChI=1S/C16H16N2O3/c19-15-13(7-4-8-17-15)16(20)18-9-10-21-14(11-18)12-5-2-1-3-6-12/h1-8,14H,9-11H2,(H,17,19)/t14-/m1/s1. The SMILES string of the molecule is O=C(c1ccc[nH]c1=O)N1CCO[C@@H](c2ccccc2)C1. The number of H-pyrrole nitrogens is 1. The molecule has 1 aliphatic rings. The van der Waals surface area contributed by atoms with Crippen LogP contribution in [0.1, 0.15) is 22.0 Å². The van der Waals surface area contributed by atoms with Crippen LogP contribution in [-0.4, -0.2) is 35.5 Å². The van der Waals surface area contributed by atoms with Crippen molar-refractivity contribution in [1.29, 1.82) is 0 Å². The van der Waals surface area contributed by atoms with Crippen LogP contribution in [0.3, 0.4) is 0 Å². The Bertz CT molecular complexity index is 681. The van der Waals surface area contributed by atoms with Crippen molar-refractivity contribution in [3.05, 3.63) is 70.1 Å². The van der Waals surface area contributed by atoms with Gasteiger partial charge in [-0.2, -0.15) is 0 Å². The van der Waals surface area contributed by atoms with Crippen LogP contribution in [0.2, 0.25) is 0 Å². The van der Waals surface area contributed by atoms with Gasteiger partial charge in [-0.15, -0.1) is 0 Å². The van der Waals surface area contributed by atoms with Crippen LogP contribution in [0.5, 0.6) is 0 Å². The number of hydrogen-bond donors (Lipinski definition) is 1. The quantitative estimate of drug-likeness (QED) is 0.911. The Morgan fingerprint density at radius 3 is 2.76 bits per heavy atom. The van der Waals surface area contributed by atoms with Crippen LogP contribution >= 0.6 is 0 Å². The van der Waals surface area contributed by atoms with Gasteiger partial charge in [-0.1, -0.05) is 30.3 Å². The van der Waals surface area contributed by atoms with Crippen molar-refractivity contribution < 1.29 is 9.53 Å². The van der Waals surface area contributed by atoms with E-state index in [-0.39, 0.29) is 23.1 Å². The van der Waals surface area contributed by atoms with E-state index in [0.717, 1.165) is 5.56 Å². The molecule has 0 aliphatic carbocycles. The number of amides is 1. The minimum Gasteiger partial charge on any atom is -0.370 e. The summed E-state index contributed by atoms with van der Waals surface area (Å²) in [5.74, 6) is -0.249. The first-order valence-electron chi connectivity index (χ1n) is 6.89. The highest BCUT2D eigenvalue weighted by atomic mass is 16.5. The highest BCUT2D eigenvalue weighted by Crippen LogP contribution is 2.22. The third-order valence-electron chi connectivity index (χ3n) is 3.57. The molecule has 1 aromatic heterocycles. The van der Waals surface area contributed by atoms with Crippen LogP contribution in [0.4, 0.5) is 0 Å². The monoisotopic (exact) mass is 284 g/mol. The van der Waals surface area contributed by atoms with Gasteiger partial charge < -0.3 is 14.6 Å². The summed E-state index contributed by atoms with van der Waals surface area (Å²) >= 11 is 0. The van der Waals surface area contributed by atoms with Gasteiger partial charge in [0.25, 0.3) is 11.5 Å². The Morgan fingerprint density at radius 1 is 1.19 bits per heavy atom. The molecule has 0 spiro atoms. The maximum absolute atomic E-state index is 12.4. The van der Waals surface area contributed by atoms with Gasteiger partial charge in [0, 0.05) is 12.7 Å². The number of aromatic nitrogens is 1. The fourth-order valence-electron chi connectivity index (χ4n) is 2.46. The van der Waals surface area contributed by atoms with Gasteiger partial charge in [-0.05, 0) is 17.7 Å². The first-order valence-corrected chi connectivity index (χ1v) is 6.89. The fourth-order valence-corrected chi connectivity index (χ4v) is 2.46. The minimum atomic E-state index is -0.356. The van der Waals surface area contributed by atoms with Crippen LogP contribution in [0.25, 0.3) is 0 Å². The lowest BCUT2D eigenvalue weighted by Crippen LogP contribution is -2.43. The highest BCUT2D eigenvalue weighted by Gasteiger charge is 2.27. The number of hydrogen-bond acceptors (Lipinski definition) is 3. The first-order chi connectivity index (χ1) is 10.3. The molecule has 1 aliphatic heterocycles. The molecule has 3 rings (SSSR count). The van der Waals surface area contributed by atoms with E-state index in [1.807, 2.05) is 30.3 Å². The van der Waals surface area contributed by atoms with Gasteiger partial charge in [0.05, 0.1) is 13.2 Å². The molecule has 0 bridgehead atoms. The largest absolute Gasteiger partial charge is 0.370 e. The second kappa shape index (κ2) is 5.93. The van der Waals surface area contributed by atoms with Gasteiger partial charge >= 0.3 is 0 Å². The lowest BCUT2D eigenvalue weighted by Gasteiger charge is -2.33. The minimum absolute atomic E-state index is 0.147. The summed E-state index contributed by atoms with van der Waals surface area (Å²) in [5.41, 5.74) is 0.855. The molecule has 1 N–H and O–H groups in total. The number of nitrogens with one attached hydrogen (secondary N) is 1. The number of benzene rings is 1. The van der Waals surface area contributed by atoms with E-state index in [1.54, 1.807) is 17.0 Å². The Kier molecular flexibility index (Phi) is 3.83. The van der Waals surface area contributed by atoms with E-state index in [1.165, 1.54) is 6.20 Å². The second-order valence-electron chi connectivity index (χ2n) is 4.93. The summed E-state index contributed by atoms with van der Waals surface area (Å²) in [5, 5.41) is 0. The van der Waals surface area contributed by atoms with Crippen LogP contribution in [0, 0.1) is 0 Å². The molecule has 1 fully saturated rings. The predicted molar refractivity (Wildman–Crippen MR) is 78.1 cm³/mol. The first kappa shape index (κ1) is 13.6. The van der Waals surface area contributed by atoms with Crippen molar-refractivity contribution in [2.24, 2.45) is 0 Å². The van der Waals surface area contributed by atoms with Gasteiger partial charge in [-0.25, -0.2) is 0 Å². The van der Waals surface area contributed by atoms with E-state index in [4.69, 9.17) is 4.74 Å². The van der Waals surface area contributed by atoms with E-state index < -0.39 is 0 Å². The highest BCUT2D eigenvalue weighted by molar-refractivity contribution is 5.93. The maximum atomic E-state index is 12.4. The van der Waals surface area contributed by atoms with Crippen LogP contribution < -0.4 is 5.56 Å². The molecule has 1 saturated heterocycles. The summed E-state index contributed by atoms with van der Waals surface area (Å²) < 4.78 is 5.73. The molecule has 5 nitrogen and oxygen atoms in total. The third-order valence-corrected chi connectivity index (χ3v) is 3.57. The Morgan fingerprint density at radius 2 is 2.00 bits per heavy atom. The van der Waals surface area contributed by atoms with Crippen molar-refractivity contribution in [1.82, 2.24) is 9.88 Å². The molecule has 2 heterocycles. The summed E-state index contributed by atoms with van der Waals surface area (Å²) in [6, 6.07) is 13.0. The zero-order valence-electron chi connectivity index (χ0n) is 11.5. The van der Waals surface area contributed by atoms with Gasteiger partial charge in [0.2, 0.25) is 0 Å². The van der Waals surface area contributed by atoms with Crippen molar-refractivity contribution in [3.63, 3.8) is 0 Å². The third kappa shape index (κ3) is 2.87. The van der Waals surface area contributed by atoms with E-state index >= 15 is 0 Å². The fraction of sp³-hybridized carbons (Fsp3) is 0.250. The Hall–Kier alpha value is -2.40. The molecule has 1 atom stereocenters. The molecular weight excluding hydrogens is 268 g/mol. The Labute approximate surface area is 122 Å². The van der Waals surface area contributed by atoms with E-state index in [2.05, 4.69) is 4.98 Å². The van der Waals surface area contributed by atoms with E-state index in [0.29, 0.717) is 19.7 Å². The van der Waals surface area contributed by atoms with Crippen molar-refractivity contribution in [2.45, 2.75) is 6.10 Å². The normalized spacial score (nSPS) is 18.5. The summed E-state index contributed by atoms with van der Waals surface area (Å²) in [6.45, 7) is 1.42. The average molecular weight is 284 g/mol. The maximum Gasteiger partial charge on any atom is 0.260 e. The topological polar surface area (TPSA) is 62.4 Å². The molecule has 2 aromatic rings. The molecule has 0 radical (unpaired) electrons. The molecule has 1 aromatic carbocycles. The lowest BCUT2D eigenvalue weighted by atomic mass is 10.1. The van der Waals surface area contributed by atoms with Crippen molar-refractivity contribution in [3.8, 4) is 0 Å². The molecule has 21 heavy (non-hydrogen) atoms. The Balaban J connectivity index is 1.79. The number of ether oxygens (including phenoxy) is 1.